The monoisotopic (exact) mass is 192 g/mol. The molecule has 0 saturated carbocycles. The highest BCUT2D eigenvalue weighted by Gasteiger charge is 2.07. The molecule has 0 aromatic rings. The maximum atomic E-state index is 3.99. The van der Waals surface area contributed by atoms with Gasteiger partial charge in [0.2, 0.25) is 0 Å². The molecule has 1 aliphatic heterocycles. The van der Waals surface area contributed by atoms with Crippen LogP contribution in [-0.2, 0) is 0 Å². The summed E-state index contributed by atoms with van der Waals surface area (Å²) in [6.07, 6.45) is 7.87. The molecule has 0 radical (unpaired) electrons. The Hall–Kier alpha value is -1.05. The number of nitrogens with one attached hydrogen (secondary N) is 1. The Morgan fingerprint density at radius 1 is 1.57 bits per heavy atom. The predicted molar refractivity (Wildman–Crippen MR) is 62.4 cm³/mol. The fourth-order valence-electron chi connectivity index (χ4n) is 1.52. The van der Waals surface area contributed by atoms with Crippen LogP contribution in [0.4, 0.5) is 0 Å². The van der Waals surface area contributed by atoms with Gasteiger partial charge >= 0.3 is 0 Å². The van der Waals surface area contributed by atoms with E-state index in [-0.39, 0.29) is 0 Å². The molecule has 1 heterocycles. The lowest BCUT2D eigenvalue weighted by atomic mass is 10.0. The van der Waals surface area contributed by atoms with Gasteiger partial charge in [0.15, 0.2) is 0 Å². The molecule has 14 heavy (non-hydrogen) atoms. The number of rotatable bonds is 4. The Balaban J connectivity index is 2.59. The minimum absolute atomic E-state index is 0.726. The summed E-state index contributed by atoms with van der Waals surface area (Å²) in [5.74, 6) is 1.69. The van der Waals surface area contributed by atoms with Gasteiger partial charge in [-0.15, -0.1) is 0 Å². The highest BCUT2D eigenvalue weighted by atomic mass is 15.0. The summed E-state index contributed by atoms with van der Waals surface area (Å²) in [7, 11) is 0. The summed E-state index contributed by atoms with van der Waals surface area (Å²) >= 11 is 0. The van der Waals surface area contributed by atoms with Gasteiger partial charge in [0.25, 0.3) is 0 Å². The number of nitrogens with zero attached hydrogens (tertiary/aromatic N) is 1. The Bertz CT molecular complexity index is 249. The lowest BCUT2D eigenvalue weighted by molar-refractivity contribution is 0.654. The van der Waals surface area contributed by atoms with E-state index >= 15 is 0 Å². The molecule has 0 aromatic carbocycles. The lowest BCUT2D eigenvalue weighted by Gasteiger charge is -2.16. The highest BCUT2D eigenvalue weighted by Crippen LogP contribution is 2.17. The molecule has 2 heteroatoms. The predicted octanol–water partition coefficient (Wildman–Crippen LogP) is 2.88. The molecule has 1 N–H and O–H groups in total. The second-order valence-electron chi connectivity index (χ2n) is 4.09. The van der Waals surface area contributed by atoms with Crippen molar-refractivity contribution in [3.8, 4) is 0 Å². The highest BCUT2D eigenvalue weighted by molar-refractivity contribution is 5.34. The van der Waals surface area contributed by atoms with E-state index in [4.69, 9.17) is 0 Å². The van der Waals surface area contributed by atoms with Crippen molar-refractivity contribution in [1.82, 2.24) is 5.32 Å². The molecule has 2 nitrogen and oxygen atoms in total. The molecule has 0 atom stereocenters. The minimum atomic E-state index is 0.726. The van der Waals surface area contributed by atoms with E-state index in [0.717, 1.165) is 31.1 Å². The lowest BCUT2D eigenvalue weighted by Crippen LogP contribution is -2.19. The van der Waals surface area contributed by atoms with Crippen molar-refractivity contribution in [3.05, 3.63) is 23.5 Å². The standard InChI is InChI=1S/C12H20N2/c1-10(2)6-4-7-11-8-5-9-14-12(11)13-3/h4,7,10,14H,3,5-6,8-9H2,1-2H3/b7-4+. The SMILES string of the molecule is C=NC1=C(/C=C/CC(C)C)CCCN1. The molecule has 0 fully saturated rings. The average Bonchev–Trinajstić information content (AvgIpc) is 2.18. The van der Waals surface area contributed by atoms with E-state index in [2.05, 4.69) is 43.0 Å². The van der Waals surface area contributed by atoms with Crippen molar-refractivity contribution in [2.24, 2.45) is 10.9 Å². The Kier molecular flexibility index (Phi) is 4.44. The van der Waals surface area contributed by atoms with Crippen molar-refractivity contribution in [2.75, 3.05) is 6.54 Å². The van der Waals surface area contributed by atoms with Crippen LogP contribution in [0.5, 0.6) is 0 Å². The van der Waals surface area contributed by atoms with Crippen LogP contribution in [0, 0.1) is 5.92 Å². The molecule has 0 aliphatic carbocycles. The second-order valence-corrected chi connectivity index (χ2v) is 4.09. The van der Waals surface area contributed by atoms with Gasteiger partial charge in [-0.3, -0.25) is 0 Å². The smallest absolute Gasteiger partial charge is 0.128 e. The third kappa shape index (κ3) is 3.36. The van der Waals surface area contributed by atoms with Crippen LogP contribution < -0.4 is 5.32 Å². The van der Waals surface area contributed by atoms with Gasteiger partial charge in [0, 0.05) is 6.54 Å². The van der Waals surface area contributed by atoms with Crippen LogP contribution in [0.2, 0.25) is 0 Å². The first-order valence-electron chi connectivity index (χ1n) is 5.34. The maximum Gasteiger partial charge on any atom is 0.128 e. The van der Waals surface area contributed by atoms with Gasteiger partial charge in [-0.2, -0.15) is 0 Å². The molecule has 0 amide bonds. The van der Waals surface area contributed by atoms with Gasteiger partial charge in [-0.25, -0.2) is 4.99 Å². The number of hydrogen-bond donors (Lipinski definition) is 1. The molecule has 0 unspecified atom stereocenters. The minimum Gasteiger partial charge on any atom is -0.370 e. The largest absolute Gasteiger partial charge is 0.370 e. The van der Waals surface area contributed by atoms with E-state index in [1.54, 1.807) is 0 Å². The van der Waals surface area contributed by atoms with Gasteiger partial charge < -0.3 is 5.32 Å². The molecule has 0 aromatic heterocycles. The van der Waals surface area contributed by atoms with Gasteiger partial charge in [-0.1, -0.05) is 26.0 Å². The van der Waals surface area contributed by atoms with Crippen LogP contribution in [0.25, 0.3) is 0 Å². The van der Waals surface area contributed by atoms with E-state index in [1.165, 1.54) is 12.0 Å². The molecular weight excluding hydrogens is 172 g/mol. The third-order valence-corrected chi connectivity index (χ3v) is 2.30. The molecule has 1 aliphatic rings. The summed E-state index contributed by atoms with van der Waals surface area (Å²) < 4.78 is 0. The van der Waals surface area contributed by atoms with Crippen LogP contribution >= 0.6 is 0 Å². The van der Waals surface area contributed by atoms with Crippen LogP contribution in [0.1, 0.15) is 33.1 Å². The summed E-state index contributed by atoms with van der Waals surface area (Å²) in [6.45, 7) is 9.05. The first kappa shape index (κ1) is 11.0. The molecule has 1 rings (SSSR count). The first-order valence-corrected chi connectivity index (χ1v) is 5.34. The average molecular weight is 192 g/mol. The van der Waals surface area contributed by atoms with Gasteiger partial charge in [-0.05, 0) is 37.5 Å². The fraction of sp³-hybridized carbons (Fsp3) is 0.583. The van der Waals surface area contributed by atoms with Crippen LogP contribution in [0.15, 0.2) is 28.5 Å². The molecule has 0 saturated heterocycles. The maximum absolute atomic E-state index is 3.99. The normalized spacial score (nSPS) is 17.6. The van der Waals surface area contributed by atoms with Crippen molar-refractivity contribution >= 4 is 6.72 Å². The summed E-state index contributed by atoms with van der Waals surface area (Å²) in [4.78, 5) is 3.99. The summed E-state index contributed by atoms with van der Waals surface area (Å²) in [5, 5.41) is 3.26. The van der Waals surface area contributed by atoms with Crippen molar-refractivity contribution in [2.45, 2.75) is 33.1 Å². The summed E-state index contributed by atoms with van der Waals surface area (Å²) in [6, 6.07) is 0. The number of hydrogen-bond acceptors (Lipinski definition) is 2. The Morgan fingerprint density at radius 2 is 2.36 bits per heavy atom. The van der Waals surface area contributed by atoms with E-state index in [9.17, 15) is 0 Å². The zero-order valence-electron chi connectivity index (χ0n) is 9.21. The molecule has 78 valence electrons. The van der Waals surface area contributed by atoms with Gasteiger partial charge in [0.05, 0.1) is 0 Å². The van der Waals surface area contributed by atoms with E-state index in [0.29, 0.717) is 0 Å². The number of aliphatic imine (C=N–C) groups is 1. The zero-order valence-corrected chi connectivity index (χ0v) is 9.21. The van der Waals surface area contributed by atoms with Crippen LogP contribution in [-0.4, -0.2) is 13.3 Å². The van der Waals surface area contributed by atoms with Crippen molar-refractivity contribution < 1.29 is 0 Å². The van der Waals surface area contributed by atoms with Crippen molar-refractivity contribution in [1.29, 1.82) is 0 Å². The van der Waals surface area contributed by atoms with E-state index < -0.39 is 0 Å². The quantitative estimate of drug-likeness (QED) is 0.680. The summed E-state index contributed by atoms with van der Waals surface area (Å²) in [5.41, 5.74) is 1.30. The van der Waals surface area contributed by atoms with Crippen LogP contribution in [0.3, 0.4) is 0 Å². The second kappa shape index (κ2) is 5.63. The molecule has 0 bridgehead atoms. The fourth-order valence-corrected chi connectivity index (χ4v) is 1.52. The topological polar surface area (TPSA) is 24.4 Å². The Morgan fingerprint density at radius 3 is 3.00 bits per heavy atom. The molecular formula is C12H20N2. The van der Waals surface area contributed by atoms with Gasteiger partial charge in [0.1, 0.15) is 5.82 Å². The Labute approximate surface area is 86.8 Å². The third-order valence-electron chi connectivity index (χ3n) is 2.30. The molecule has 0 spiro atoms. The van der Waals surface area contributed by atoms with Crippen molar-refractivity contribution in [3.63, 3.8) is 0 Å². The number of allylic oxidation sites excluding steroid dienone is 3. The zero-order chi connectivity index (χ0) is 10.4. The first-order chi connectivity index (χ1) is 6.74. The van der Waals surface area contributed by atoms with E-state index in [1.807, 2.05) is 0 Å².